The predicted molar refractivity (Wildman–Crippen MR) is 103 cm³/mol. The molecule has 1 unspecified atom stereocenters. The van der Waals surface area contributed by atoms with Crippen molar-refractivity contribution < 1.29 is 31.5 Å². The number of nitrogens with zero attached hydrogens (tertiary/aromatic N) is 2. The number of halogens is 4. The van der Waals surface area contributed by atoms with Crippen LogP contribution in [-0.4, -0.2) is 35.0 Å². The summed E-state index contributed by atoms with van der Waals surface area (Å²) in [5.41, 5.74) is -1.30. The van der Waals surface area contributed by atoms with Gasteiger partial charge in [0.25, 0.3) is 0 Å². The van der Waals surface area contributed by atoms with Crippen LogP contribution in [0, 0.1) is 0 Å². The second kappa shape index (κ2) is 7.77. The number of nitrogens with one attached hydrogen (secondary N) is 1. The lowest BCUT2D eigenvalue weighted by molar-refractivity contribution is -0.141. The van der Waals surface area contributed by atoms with E-state index in [4.69, 9.17) is 11.6 Å². The summed E-state index contributed by atoms with van der Waals surface area (Å²) < 4.78 is 64.7. The van der Waals surface area contributed by atoms with Gasteiger partial charge in [-0.1, -0.05) is 18.5 Å². The molecule has 2 aromatic rings. The van der Waals surface area contributed by atoms with Gasteiger partial charge in [0.2, 0.25) is 5.91 Å². The molecule has 164 valence electrons. The lowest BCUT2D eigenvalue weighted by Gasteiger charge is -2.17. The third-order valence-corrected chi connectivity index (χ3v) is 6.94. The molecule has 1 fully saturated rings. The Kier molecular flexibility index (Phi) is 5.80. The molecule has 0 bridgehead atoms. The normalized spacial score (nSPS) is 15.8. The number of phenols is 1. The van der Waals surface area contributed by atoms with Crippen molar-refractivity contribution >= 4 is 33.0 Å². The largest absolute Gasteiger partial charge is 0.506 e. The molecule has 1 saturated carbocycles. The van der Waals surface area contributed by atoms with Crippen LogP contribution >= 0.6 is 11.6 Å². The van der Waals surface area contributed by atoms with E-state index in [0.29, 0.717) is 12.8 Å². The minimum Gasteiger partial charge on any atom is -0.506 e. The number of rotatable bonds is 6. The fraction of sp³-hybridized carbons (Fsp3) is 0.444. The molecule has 0 spiro atoms. The number of aromatic nitrogens is 2. The molecule has 1 aliphatic rings. The summed E-state index contributed by atoms with van der Waals surface area (Å²) in [5.74, 6) is -1.57. The SMILES string of the molecule is CCS(=O)(=O)c1ccc(O)c(NC(=O)C(C)n2nc(C(F)(F)F)c(Cl)c2C2CC2)c1. The van der Waals surface area contributed by atoms with Crippen molar-refractivity contribution in [3.05, 3.63) is 34.6 Å². The van der Waals surface area contributed by atoms with Crippen LogP contribution in [0.5, 0.6) is 5.75 Å². The van der Waals surface area contributed by atoms with E-state index in [1.54, 1.807) is 0 Å². The first-order valence-corrected chi connectivity index (χ1v) is 11.1. The summed E-state index contributed by atoms with van der Waals surface area (Å²) in [6.45, 7) is 2.79. The summed E-state index contributed by atoms with van der Waals surface area (Å²) in [4.78, 5) is 12.6. The van der Waals surface area contributed by atoms with Crippen molar-refractivity contribution in [1.29, 1.82) is 0 Å². The maximum Gasteiger partial charge on any atom is 0.436 e. The number of amides is 1. The van der Waals surface area contributed by atoms with Crippen LogP contribution in [-0.2, 0) is 20.8 Å². The number of carbonyl (C=O) groups excluding carboxylic acids is 1. The van der Waals surface area contributed by atoms with Gasteiger partial charge >= 0.3 is 6.18 Å². The van der Waals surface area contributed by atoms with Crippen molar-refractivity contribution in [2.45, 2.75) is 49.7 Å². The Bertz CT molecular complexity index is 1090. The van der Waals surface area contributed by atoms with Gasteiger partial charge in [0.1, 0.15) is 11.8 Å². The van der Waals surface area contributed by atoms with E-state index in [-0.39, 0.29) is 33.7 Å². The minimum absolute atomic E-state index is 0.106. The molecule has 1 aromatic heterocycles. The molecule has 0 radical (unpaired) electrons. The summed E-state index contributed by atoms with van der Waals surface area (Å²) in [6.07, 6.45) is -3.51. The van der Waals surface area contributed by atoms with E-state index in [2.05, 4.69) is 10.4 Å². The van der Waals surface area contributed by atoms with Gasteiger partial charge in [-0.15, -0.1) is 0 Å². The molecule has 1 heterocycles. The third kappa shape index (κ3) is 4.27. The number of anilines is 1. The van der Waals surface area contributed by atoms with E-state index in [0.717, 1.165) is 16.8 Å². The molecular formula is C18H19ClF3N3O4S. The van der Waals surface area contributed by atoms with Crippen LogP contribution in [0.1, 0.15) is 50.0 Å². The van der Waals surface area contributed by atoms with Crippen molar-refractivity contribution in [2.24, 2.45) is 0 Å². The molecule has 1 amide bonds. The average molecular weight is 466 g/mol. The highest BCUT2D eigenvalue weighted by molar-refractivity contribution is 7.91. The third-order valence-electron chi connectivity index (χ3n) is 4.83. The smallest absolute Gasteiger partial charge is 0.436 e. The maximum atomic E-state index is 13.2. The van der Waals surface area contributed by atoms with E-state index in [1.807, 2.05) is 0 Å². The fourth-order valence-corrected chi connectivity index (χ4v) is 4.24. The van der Waals surface area contributed by atoms with Crippen LogP contribution in [0.3, 0.4) is 0 Å². The second-order valence-corrected chi connectivity index (χ2v) is 9.67. The quantitative estimate of drug-likeness (QED) is 0.624. The Morgan fingerprint density at radius 3 is 2.57 bits per heavy atom. The predicted octanol–water partition coefficient (Wildman–Crippen LogP) is 4.13. The van der Waals surface area contributed by atoms with E-state index < -0.39 is 38.7 Å². The molecular weight excluding hydrogens is 447 g/mol. The highest BCUT2D eigenvalue weighted by Gasteiger charge is 2.43. The van der Waals surface area contributed by atoms with Gasteiger partial charge in [-0.3, -0.25) is 9.48 Å². The highest BCUT2D eigenvalue weighted by Crippen LogP contribution is 2.47. The molecule has 1 atom stereocenters. The summed E-state index contributed by atoms with van der Waals surface area (Å²) in [6, 6.07) is 2.21. The fourth-order valence-electron chi connectivity index (χ4n) is 2.95. The zero-order valence-corrected chi connectivity index (χ0v) is 17.6. The van der Waals surface area contributed by atoms with Gasteiger partial charge in [0, 0.05) is 5.92 Å². The molecule has 1 aliphatic carbocycles. The summed E-state index contributed by atoms with van der Waals surface area (Å²) in [7, 11) is -3.60. The van der Waals surface area contributed by atoms with Gasteiger partial charge in [-0.25, -0.2) is 8.42 Å². The maximum absolute atomic E-state index is 13.2. The number of phenolic OH excluding ortho intramolecular Hbond substituents is 1. The van der Waals surface area contributed by atoms with Crippen LogP contribution in [0.2, 0.25) is 5.02 Å². The monoisotopic (exact) mass is 465 g/mol. The van der Waals surface area contributed by atoms with Crippen LogP contribution in [0.15, 0.2) is 23.1 Å². The Morgan fingerprint density at radius 1 is 1.40 bits per heavy atom. The first-order valence-electron chi connectivity index (χ1n) is 9.08. The van der Waals surface area contributed by atoms with Crippen LogP contribution in [0.4, 0.5) is 18.9 Å². The number of sulfone groups is 1. The topological polar surface area (TPSA) is 101 Å². The molecule has 12 heteroatoms. The van der Waals surface area contributed by atoms with Crippen molar-refractivity contribution in [3.8, 4) is 5.75 Å². The Hall–Kier alpha value is -2.27. The molecule has 30 heavy (non-hydrogen) atoms. The number of aromatic hydroxyl groups is 1. The zero-order chi connectivity index (χ0) is 22.4. The molecule has 1 aromatic carbocycles. The van der Waals surface area contributed by atoms with Crippen molar-refractivity contribution in [2.75, 3.05) is 11.1 Å². The Morgan fingerprint density at radius 2 is 2.03 bits per heavy atom. The van der Waals surface area contributed by atoms with Crippen LogP contribution < -0.4 is 5.32 Å². The first kappa shape index (κ1) is 22.4. The molecule has 7 nitrogen and oxygen atoms in total. The number of alkyl halides is 3. The Labute approximate surface area is 175 Å². The second-order valence-electron chi connectivity index (χ2n) is 7.01. The number of hydrogen-bond acceptors (Lipinski definition) is 5. The Balaban J connectivity index is 1.93. The minimum atomic E-state index is -4.77. The molecule has 2 N–H and O–H groups in total. The molecule has 3 rings (SSSR count). The van der Waals surface area contributed by atoms with Crippen molar-refractivity contribution in [3.63, 3.8) is 0 Å². The number of hydrogen-bond donors (Lipinski definition) is 2. The van der Waals surface area contributed by atoms with E-state index in [9.17, 15) is 31.5 Å². The molecule has 0 aliphatic heterocycles. The summed E-state index contributed by atoms with van der Waals surface area (Å²) >= 11 is 5.93. The van der Waals surface area contributed by atoms with Gasteiger partial charge in [0.15, 0.2) is 15.5 Å². The van der Waals surface area contributed by atoms with E-state index in [1.165, 1.54) is 19.9 Å². The number of benzene rings is 1. The highest BCUT2D eigenvalue weighted by atomic mass is 35.5. The van der Waals surface area contributed by atoms with Gasteiger partial charge in [-0.05, 0) is 38.0 Å². The zero-order valence-electron chi connectivity index (χ0n) is 16.0. The summed E-state index contributed by atoms with van der Waals surface area (Å²) in [5, 5.41) is 15.4. The lowest BCUT2D eigenvalue weighted by Crippen LogP contribution is -2.26. The average Bonchev–Trinajstić information content (AvgIpc) is 3.43. The molecule has 0 saturated heterocycles. The van der Waals surface area contributed by atoms with Crippen LogP contribution in [0.25, 0.3) is 0 Å². The standard InChI is InChI=1S/C18H19ClF3N3O4S/c1-3-30(28,29)11-6-7-13(26)12(8-11)23-17(27)9(2)25-15(10-4-5-10)14(19)16(24-25)18(20,21)22/h6-10,26H,3-5H2,1-2H3,(H,23,27). The lowest BCUT2D eigenvalue weighted by atomic mass is 10.2. The van der Waals surface area contributed by atoms with Gasteiger partial charge in [-0.2, -0.15) is 18.3 Å². The van der Waals surface area contributed by atoms with Crippen molar-refractivity contribution in [1.82, 2.24) is 9.78 Å². The van der Waals surface area contributed by atoms with Gasteiger partial charge in [0.05, 0.1) is 27.1 Å². The van der Waals surface area contributed by atoms with E-state index >= 15 is 0 Å². The van der Waals surface area contributed by atoms with Gasteiger partial charge < -0.3 is 10.4 Å². The first-order chi connectivity index (χ1) is 13.9. The number of carbonyl (C=O) groups is 1.